The molecule has 0 aliphatic carbocycles. The molecule has 12 heteroatoms. The van der Waals surface area contributed by atoms with Crippen molar-refractivity contribution in [2.75, 3.05) is 5.32 Å². The van der Waals surface area contributed by atoms with Crippen molar-refractivity contribution in [3.63, 3.8) is 0 Å². The first-order valence-electron chi connectivity index (χ1n) is 9.24. The monoisotopic (exact) mass is 494 g/mol. The maximum Gasteiger partial charge on any atom is 0.490 e. The topological polar surface area (TPSA) is 115 Å². The molecule has 1 aromatic heterocycles. The second kappa shape index (κ2) is 11.6. The van der Waals surface area contributed by atoms with Crippen LogP contribution in [0.2, 0.25) is 5.02 Å². The number of alkyl halides is 3. The third kappa shape index (κ3) is 7.46. The quantitative estimate of drug-likeness (QED) is 0.417. The predicted molar refractivity (Wildman–Crippen MR) is 115 cm³/mol. The van der Waals surface area contributed by atoms with E-state index in [0.717, 1.165) is 5.69 Å². The van der Waals surface area contributed by atoms with E-state index in [-0.39, 0.29) is 10.6 Å². The van der Waals surface area contributed by atoms with E-state index < -0.39 is 29.9 Å². The minimum Gasteiger partial charge on any atom is -0.475 e. The second-order valence-corrected chi connectivity index (χ2v) is 6.82. The zero-order valence-electron chi connectivity index (χ0n) is 17.0. The molecular weight excluding hydrogens is 480 g/mol. The summed E-state index contributed by atoms with van der Waals surface area (Å²) in [6, 6.07) is 15.1. The molecule has 1 unspecified atom stereocenters. The molecule has 0 fully saturated rings. The summed E-state index contributed by atoms with van der Waals surface area (Å²) < 4.78 is 45.8. The molecule has 0 bridgehead atoms. The number of nitrogens with one attached hydrogen (secondary N) is 2. The van der Waals surface area contributed by atoms with Crippen LogP contribution in [0.4, 0.5) is 28.9 Å². The van der Waals surface area contributed by atoms with Gasteiger partial charge < -0.3 is 15.7 Å². The number of anilines is 2. The van der Waals surface area contributed by atoms with Gasteiger partial charge in [-0.15, -0.1) is 0 Å². The number of halogens is 5. The van der Waals surface area contributed by atoms with Crippen LogP contribution < -0.4 is 10.6 Å². The number of aliphatic carboxylic acids is 1. The van der Waals surface area contributed by atoms with Gasteiger partial charge in [0.1, 0.15) is 11.9 Å². The minimum absolute atomic E-state index is 0.0546. The number of carbonyl (C=O) groups is 2. The van der Waals surface area contributed by atoms with Crippen molar-refractivity contribution in [2.45, 2.75) is 12.2 Å². The Hall–Kier alpha value is -4.17. The molecule has 7 nitrogen and oxygen atoms in total. The van der Waals surface area contributed by atoms with Crippen molar-refractivity contribution in [1.82, 2.24) is 10.3 Å². The molecule has 0 saturated carbocycles. The van der Waals surface area contributed by atoms with Gasteiger partial charge in [-0.1, -0.05) is 23.7 Å². The number of hydrogen-bond acceptors (Lipinski definition) is 5. The fraction of sp³-hybridized carbons (Fsp3) is 0.0909. The number of nitriles is 1. The van der Waals surface area contributed by atoms with Gasteiger partial charge in [-0.25, -0.2) is 9.18 Å². The van der Waals surface area contributed by atoms with Crippen molar-refractivity contribution in [2.24, 2.45) is 0 Å². The van der Waals surface area contributed by atoms with Gasteiger partial charge in [0.15, 0.2) is 0 Å². The smallest absolute Gasteiger partial charge is 0.475 e. The molecule has 0 aliphatic heterocycles. The van der Waals surface area contributed by atoms with Gasteiger partial charge in [0.2, 0.25) is 0 Å². The number of carbonyl (C=O) groups excluding carboxylic acids is 1. The predicted octanol–water partition coefficient (Wildman–Crippen LogP) is 5.25. The second-order valence-electron chi connectivity index (χ2n) is 6.42. The van der Waals surface area contributed by atoms with E-state index in [2.05, 4.69) is 15.6 Å². The lowest BCUT2D eigenvalue weighted by molar-refractivity contribution is -0.192. The molecular formula is C22H15ClF4N4O3. The maximum atomic E-state index is 14.0. The largest absolute Gasteiger partial charge is 0.490 e. The van der Waals surface area contributed by atoms with Gasteiger partial charge in [0.25, 0.3) is 5.91 Å². The van der Waals surface area contributed by atoms with Gasteiger partial charge in [0.05, 0.1) is 6.07 Å². The normalized spacial score (nSPS) is 11.3. The van der Waals surface area contributed by atoms with Gasteiger partial charge in [-0.2, -0.15) is 18.4 Å². The number of nitrogens with zero attached hydrogens (tertiary/aromatic N) is 2. The molecule has 0 radical (unpaired) electrons. The summed E-state index contributed by atoms with van der Waals surface area (Å²) in [6.45, 7) is 0. The molecule has 1 amide bonds. The first-order chi connectivity index (χ1) is 16.0. The molecule has 176 valence electrons. The van der Waals surface area contributed by atoms with Crippen molar-refractivity contribution in [1.29, 1.82) is 5.26 Å². The highest BCUT2D eigenvalue weighted by molar-refractivity contribution is 6.31. The molecule has 3 N–H and O–H groups in total. The first-order valence-corrected chi connectivity index (χ1v) is 9.62. The lowest BCUT2D eigenvalue weighted by atomic mass is 10.1. The van der Waals surface area contributed by atoms with Crippen LogP contribution >= 0.6 is 11.6 Å². The van der Waals surface area contributed by atoms with Crippen LogP contribution in [0.5, 0.6) is 0 Å². The maximum absolute atomic E-state index is 14.0. The zero-order chi connectivity index (χ0) is 25.3. The molecule has 0 spiro atoms. The van der Waals surface area contributed by atoms with E-state index in [4.69, 9.17) is 21.5 Å². The molecule has 3 rings (SSSR count). The molecule has 3 aromatic rings. The summed E-state index contributed by atoms with van der Waals surface area (Å²) in [5, 5.41) is 22.2. The molecule has 1 atom stereocenters. The Bertz CT molecular complexity index is 1180. The number of hydrogen-bond donors (Lipinski definition) is 3. The average Bonchev–Trinajstić information content (AvgIpc) is 2.78. The van der Waals surface area contributed by atoms with Crippen molar-refractivity contribution < 1.29 is 32.3 Å². The number of pyridine rings is 1. The van der Waals surface area contributed by atoms with Crippen LogP contribution in [-0.2, 0) is 4.79 Å². The molecule has 2 aromatic carbocycles. The van der Waals surface area contributed by atoms with E-state index in [1.807, 2.05) is 6.07 Å². The molecule has 0 saturated heterocycles. The fourth-order valence-electron chi connectivity index (χ4n) is 2.51. The van der Waals surface area contributed by atoms with Crippen LogP contribution in [0.3, 0.4) is 0 Å². The summed E-state index contributed by atoms with van der Waals surface area (Å²) in [6.07, 6.45) is -1.79. The number of carboxylic acid groups (broad SMARTS) is 1. The third-order valence-electron chi connectivity index (χ3n) is 4.03. The SMILES string of the molecule is N#CC(NC(=O)c1cccc(Nc2ccncc2)c1)c1c(F)cccc1Cl.O=C(O)C(F)(F)F. The lowest BCUT2D eigenvalue weighted by Crippen LogP contribution is -2.28. The van der Waals surface area contributed by atoms with Crippen molar-refractivity contribution >= 4 is 34.9 Å². The van der Waals surface area contributed by atoms with E-state index in [1.54, 1.807) is 48.8 Å². The summed E-state index contributed by atoms with van der Waals surface area (Å²) >= 11 is 5.99. The summed E-state index contributed by atoms with van der Waals surface area (Å²) in [5.74, 6) is -3.92. The van der Waals surface area contributed by atoms with E-state index in [1.165, 1.54) is 18.2 Å². The van der Waals surface area contributed by atoms with Crippen LogP contribution in [0, 0.1) is 17.1 Å². The van der Waals surface area contributed by atoms with Gasteiger partial charge in [0, 0.05) is 39.9 Å². The third-order valence-corrected chi connectivity index (χ3v) is 4.36. The molecule has 0 aliphatic rings. The Morgan fingerprint density at radius 3 is 2.24 bits per heavy atom. The van der Waals surface area contributed by atoms with Crippen molar-refractivity contribution in [3.8, 4) is 6.07 Å². The van der Waals surface area contributed by atoms with Crippen LogP contribution in [0.15, 0.2) is 67.0 Å². The number of amides is 1. The first kappa shape index (κ1) is 26.1. The van der Waals surface area contributed by atoms with Gasteiger partial charge in [-0.3, -0.25) is 9.78 Å². The molecule has 34 heavy (non-hydrogen) atoms. The minimum atomic E-state index is -5.08. The van der Waals surface area contributed by atoms with E-state index >= 15 is 0 Å². The Morgan fingerprint density at radius 1 is 1.06 bits per heavy atom. The highest BCUT2D eigenvalue weighted by atomic mass is 35.5. The average molecular weight is 495 g/mol. The van der Waals surface area contributed by atoms with E-state index in [9.17, 15) is 27.6 Å². The van der Waals surface area contributed by atoms with Crippen LogP contribution in [-0.4, -0.2) is 28.1 Å². The van der Waals surface area contributed by atoms with Crippen LogP contribution in [0.25, 0.3) is 0 Å². The van der Waals surface area contributed by atoms with Gasteiger partial charge >= 0.3 is 12.1 Å². The van der Waals surface area contributed by atoms with Crippen molar-refractivity contribution in [3.05, 3.63) is 89.0 Å². The van der Waals surface area contributed by atoms with E-state index in [0.29, 0.717) is 11.3 Å². The summed E-state index contributed by atoms with van der Waals surface area (Å²) in [7, 11) is 0. The van der Waals surface area contributed by atoms with Gasteiger partial charge in [-0.05, 0) is 42.5 Å². The number of rotatable bonds is 5. The highest BCUT2D eigenvalue weighted by Gasteiger charge is 2.38. The highest BCUT2D eigenvalue weighted by Crippen LogP contribution is 2.26. The fourth-order valence-corrected chi connectivity index (χ4v) is 2.78. The summed E-state index contributed by atoms with van der Waals surface area (Å²) in [5.41, 5.74) is 1.77. The number of carboxylic acids is 1. The Kier molecular flexibility index (Phi) is 8.92. The Balaban J connectivity index is 0.000000509. The zero-order valence-corrected chi connectivity index (χ0v) is 17.7. The van der Waals surface area contributed by atoms with Crippen LogP contribution in [0.1, 0.15) is 22.0 Å². The standard InChI is InChI=1S/C20H14ClFN4O.C2HF3O2/c21-16-5-2-6-17(22)19(16)18(12-23)26-20(27)13-3-1-4-15(11-13)25-14-7-9-24-10-8-14;3-2(4,5)1(6)7/h1-11,18H,(H,24,25)(H,26,27);(H,6,7). The molecule has 1 heterocycles. The lowest BCUT2D eigenvalue weighted by Gasteiger charge is -2.15. The Morgan fingerprint density at radius 2 is 1.68 bits per heavy atom. The summed E-state index contributed by atoms with van der Waals surface area (Å²) in [4.78, 5) is 25.4. The number of aromatic nitrogens is 1. The number of benzene rings is 2. The Labute approximate surface area is 195 Å².